The molecule has 3 heterocycles. The number of H-pyrrole nitrogens is 1. The van der Waals surface area contributed by atoms with Crippen molar-refractivity contribution in [2.75, 3.05) is 26.7 Å². The van der Waals surface area contributed by atoms with E-state index in [0.717, 1.165) is 29.4 Å². The second-order valence-corrected chi connectivity index (χ2v) is 10.4. The number of ether oxygens (including phenoxy) is 1. The van der Waals surface area contributed by atoms with Crippen molar-refractivity contribution in [3.63, 3.8) is 0 Å². The van der Waals surface area contributed by atoms with Crippen LogP contribution in [0.15, 0.2) is 35.1 Å². The van der Waals surface area contributed by atoms with Crippen LogP contribution < -0.4 is 15.6 Å². The molecule has 38 heavy (non-hydrogen) atoms. The first-order valence-corrected chi connectivity index (χ1v) is 13.3. The molecule has 2 N–H and O–H groups in total. The van der Waals surface area contributed by atoms with Gasteiger partial charge in [0.15, 0.2) is 0 Å². The van der Waals surface area contributed by atoms with Gasteiger partial charge in [-0.2, -0.15) is 0 Å². The lowest BCUT2D eigenvalue weighted by atomic mass is 9.89. The fourth-order valence-corrected chi connectivity index (χ4v) is 5.74. The maximum atomic E-state index is 13.9. The third-order valence-electron chi connectivity index (χ3n) is 7.95. The van der Waals surface area contributed by atoms with E-state index in [1.165, 1.54) is 14.0 Å². The molecular weight excluding hydrogens is 490 g/mol. The van der Waals surface area contributed by atoms with E-state index < -0.39 is 5.92 Å². The van der Waals surface area contributed by atoms with Gasteiger partial charge < -0.3 is 19.6 Å². The van der Waals surface area contributed by atoms with E-state index in [4.69, 9.17) is 4.74 Å². The molecule has 1 amide bonds. The summed E-state index contributed by atoms with van der Waals surface area (Å²) in [6.07, 6.45) is 1.50. The first kappa shape index (κ1) is 27.8. The van der Waals surface area contributed by atoms with Gasteiger partial charge in [-0.15, -0.1) is 0 Å². The smallest absolute Gasteiger partial charge is 0.260 e. The Morgan fingerprint density at radius 2 is 1.92 bits per heavy atom. The standard InChI is InChI=1S/C29H38F2N4O3/c1-6-29(30,31)17-34-13-11-21(12-14-34)19(3)35-20(4)26(22-9-7-8-10-24(22)35)28(37)32-16-23-25(38-5)15-18(2)33-27(23)36/h7-10,15,19,21H,6,11-14,16-17H2,1-5H3,(H,32,37)(H,33,36). The molecule has 1 aromatic carbocycles. The second-order valence-electron chi connectivity index (χ2n) is 10.4. The largest absolute Gasteiger partial charge is 0.496 e. The van der Waals surface area contributed by atoms with E-state index in [1.54, 1.807) is 13.0 Å². The van der Waals surface area contributed by atoms with E-state index in [1.807, 2.05) is 36.1 Å². The minimum Gasteiger partial charge on any atom is -0.496 e. The molecule has 1 unspecified atom stereocenters. The van der Waals surface area contributed by atoms with Crippen molar-refractivity contribution in [2.45, 2.75) is 65.5 Å². The minimum atomic E-state index is -2.65. The number of nitrogens with zero attached hydrogens (tertiary/aromatic N) is 2. The van der Waals surface area contributed by atoms with E-state index in [2.05, 4.69) is 21.8 Å². The van der Waals surface area contributed by atoms with Crippen LogP contribution in [0, 0.1) is 19.8 Å². The number of piperidine rings is 1. The summed E-state index contributed by atoms with van der Waals surface area (Å²) < 4.78 is 35.4. The lowest BCUT2D eigenvalue weighted by Gasteiger charge is -2.37. The third kappa shape index (κ3) is 5.62. The van der Waals surface area contributed by atoms with E-state index in [0.29, 0.717) is 41.6 Å². The number of alkyl halides is 2. The third-order valence-corrected chi connectivity index (χ3v) is 7.95. The number of amides is 1. The number of halogens is 2. The van der Waals surface area contributed by atoms with Crippen molar-refractivity contribution in [3.05, 3.63) is 63.2 Å². The predicted molar refractivity (Wildman–Crippen MR) is 145 cm³/mol. The van der Waals surface area contributed by atoms with Gasteiger partial charge in [-0.3, -0.25) is 14.5 Å². The van der Waals surface area contributed by atoms with Crippen molar-refractivity contribution in [2.24, 2.45) is 5.92 Å². The van der Waals surface area contributed by atoms with Gasteiger partial charge in [-0.1, -0.05) is 25.1 Å². The van der Waals surface area contributed by atoms with Crippen LogP contribution in [0.25, 0.3) is 10.9 Å². The summed E-state index contributed by atoms with van der Waals surface area (Å²) in [6.45, 7) is 8.53. The molecule has 1 fully saturated rings. The number of para-hydroxylation sites is 1. The van der Waals surface area contributed by atoms with E-state index in [9.17, 15) is 18.4 Å². The van der Waals surface area contributed by atoms with Gasteiger partial charge in [0, 0.05) is 34.8 Å². The predicted octanol–water partition coefficient (Wildman–Crippen LogP) is 5.20. The Bertz CT molecular complexity index is 1360. The van der Waals surface area contributed by atoms with Crippen LogP contribution >= 0.6 is 0 Å². The summed E-state index contributed by atoms with van der Waals surface area (Å²) >= 11 is 0. The topological polar surface area (TPSA) is 79.4 Å². The number of aromatic nitrogens is 2. The van der Waals surface area contributed by atoms with Crippen LogP contribution in [0.4, 0.5) is 8.78 Å². The number of carbonyl (C=O) groups is 1. The van der Waals surface area contributed by atoms with Crippen molar-refractivity contribution in [1.29, 1.82) is 0 Å². The Morgan fingerprint density at radius 1 is 1.24 bits per heavy atom. The number of benzene rings is 1. The fraction of sp³-hybridized carbons (Fsp3) is 0.517. The lowest BCUT2D eigenvalue weighted by molar-refractivity contribution is -0.0429. The summed E-state index contributed by atoms with van der Waals surface area (Å²) in [7, 11) is 1.50. The molecule has 1 aliphatic heterocycles. The zero-order valence-electron chi connectivity index (χ0n) is 22.9. The number of aryl methyl sites for hydroxylation is 1. The van der Waals surface area contributed by atoms with Gasteiger partial charge in [-0.25, -0.2) is 8.78 Å². The Morgan fingerprint density at radius 3 is 2.58 bits per heavy atom. The first-order chi connectivity index (χ1) is 18.1. The molecule has 0 radical (unpaired) electrons. The Balaban J connectivity index is 1.56. The van der Waals surface area contributed by atoms with Gasteiger partial charge in [0.25, 0.3) is 17.4 Å². The second kappa shape index (κ2) is 11.3. The van der Waals surface area contributed by atoms with Crippen LogP contribution in [-0.2, 0) is 6.54 Å². The highest BCUT2D eigenvalue weighted by atomic mass is 19.3. The highest BCUT2D eigenvalue weighted by Crippen LogP contribution is 2.36. The number of pyridine rings is 1. The van der Waals surface area contributed by atoms with Gasteiger partial charge in [-0.05, 0) is 64.8 Å². The van der Waals surface area contributed by atoms with Gasteiger partial charge in [0.05, 0.1) is 31.3 Å². The Labute approximate surface area is 222 Å². The molecule has 0 bridgehead atoms. The molecular formula is C29H38F2N4O3. The van der Waals surface area contributed by atoms with Crippen LogP contribution in [0.2, 0.25) is 0 Å². The number of fused-ring (bicyclic) bond motifs is 1. The molecule has 7 nitrogen and oxygen atoms in total. The Hall–Kier alpha value is -3.20. The number of hydrogen-bond acceptors (Lipinski definition) is 4. The van der Waals surface area contributed by atoms with Crippen LogP contribution in [0.5, 0.6) is 5.75 Å². The Kier molecular flexibility index (Phi) is 8.25. The number of rotatable bonds is 9. The maximum absolute atomic E-state index is 13.9. The number of hydrogen-bond donors (Lipinski definition) is 2. The summed E-state index contributed by atoms with van der Waals surface area (Å²) in [5.74, 6) is -2.17. The molecule has 4 rings (SSSR count). The molecule has 3 aromatic rings. The SMILES string of the molecule is CCC(F)(F)CN1CCC(C(C)n2c(C)c(C(=O)NCc3c(OC)cc(C)[nH]c3=O)c3ccccc32)CC1. The van der Waals surface area contributed by atoms with Crippen LogP contribution in [0.3, 0.4) is 0 Å². The average Bonchev–Trinajstić information content (AvgIpc) is 3.19. The summed E-state index contributed by atoms with van der Waals surface area (Å²) in [5, 5.41) is 3.76. The monoisotopic (exact) mass is 528 g/mol. The molecule has 206 valence electrons. The summed E-state index contributed by atoms with van der Waals surface area (Å²) in [5.41, 5.74) is 3.14. The van der Waals surface area contributed by atoms with Crippen LogP contribution in [-0.4, -0.2) is 53.0 Å². The van der Waals surface area contributed by atoms with Gasteiger partial charge in [0.1, 0.15) is 5.75 Å². The summed E-state index contributed by atoms with van der Waals surface area (Å²) in [6, 6.07) is 9.65. The quantitative estimate of drug-likeness (QED) is 0.400. The molecule has 0 spiro atoms. The van der Waals surface area contributed by atoms with Gasteiger partial charge >= 0.3 is 0 Å². The number of aromatic amines is 1. The highest BCUT2D eigenvalue weighted by Gasteiger charge is 2.33. The van der Waals surface area contributed by atoms with Gasteiger partial charge in [0.2, 0.25) is 0 Å². The van der Waals surface area contributed by atoms with Crippen molar-refractivity contribution in [1.82, 2.24) is 19.8 Å². The van der Waals surface area contributed by atoms with E-state index in [-0.39, 0.29) is 37.0 Å². The zero-order valence-corrected chi connectivity index (χ0v) is 22.9. The molecule has 1 atom stereocenters. The number of nitrogens with one attached hydrogen (secondary N) is 2. The lowest BCUT2D eigenvalue weighted by Crippen LogP contribution is -2.42. The highest BCUT2D eigenvalue weighted by molar-refractivity contribution is 6.08. The number of carbonyl (C=O) groups excluding carboxylic acids is 1. The van der Waals surface area contributed by atoms with Crippen molar-refractivity contribution in [3.8, 4) is 5.75 Å². The normalized spacial score (nSPS) is 16.1. The molecule has 9 heteroatoms. The maximum Gasteiger partial charge on any atom is 0.260 e. The average molecular weight is 529 g/mol. The fourth-order valence-electron chi connectivity index (χ4n) is 5.74. The summed E-state index contributed by atoms with van der Waals surface area (Å²) in [4.78, 5) is 30.6. The molecule has 2 aromatic heterocycles. The van der Waals surface area contributed by atoms with E-state index >= 15 is 0 Å². The molecule has 0 aliphatic carbocycles. The molecule has 0 saturated carbocycles. The van der Waals surface area contributed by atoms with Crippen molar-refractivity contribution < 1.29 is 18.3 Å². The van der Waals surface area contributed by atoms with Crippen molar-refractivity contribution >= 4 is 16.8 Å². The molecule has 1 saturated heterocycles. The first-order valence-electron chi connectivity index (χ1n) is 13.3. The number of likely N-dealkylation sites (tertiary alicyclic amines) is 1. The number of methoxy groups -OCH3 is 1. The molecule has 1 aliphatic rings. The van der Waals surface area contributed by atoms with Crippen LogP contribution in [0.1, 0.15) is 66.5 Å². The minimum absolute atomic E-state index is 0.0347. The zero-order chi connectivity index (χ0) is 27.6.